The van der Waals surface area contributed by atoms with Crippen molar-refractivity contribution in [2.45, 2.75) is 53.2 Å². The van der Waals surface area contributed by atoms with Gasteiger partial charge in [0.2, 0.25) is 0 Å². The molecule has 0 radical (unpaired) electrons. The number of esters is 1. The van der Waals surface area contributed by atoms with Crippen molar-refractivity contribution in [3.63, 3.8) is 0 Å². The summed E-state index contributed by atoms with van der Waals surface area (Å²) in [5.74, 6) is 0.319. The lowest BCUT2D eigenvalue weighted by atomic mass is 10.2. The summed E-state index contributed by atoms with van der Waals surface area (Å²) < 4.78 is 10.7. The highest BCUT2D eigenvalue weighted by Gasteiger charge is 2.20. The Kier molecular flexibility index (Phi) is 7.39. The summed E-state index contributed by atoms with van der Waals surface area (Å²) in [6.07, 6.45) is 0. The molecule has 0 aromatic heterocycles. The monoisotopic (exact) mass is 245 g/mol. The van der Waals surface area contributed by atoms with E-state index in [1.165, 1.54) is 0 Å². The molecule has 0 aliphatic heterocycles. The Balaban J connectivity index is 3.65. The fourth-order valence-corrected chi connectivity index (χ4v) is 1.14. The smallest absolute Gasteiger partial charge is 0.323 e. The number of nitrogens with one attached hydrogen (secondary N) is 1. The van der Waals surface area contributed by atoms with Crippen LogP contribution in [0.2, 0.25) is 0 Å². The van der Waals surface area contributed by atoms with E-state index in [2.05, 4.69) is 19.2 Å². The molecule has 17 heavy (non-hydrogen) atoms. The number of hydrogen-bond donors (Lipinski definition) is 1. The van der Waals surface area contributed by atoms with E-state index in [1.807, 2.05) is 20.8 Å². The summed E-state index contributed by atoms with van der Waals surface area (Å²) in [5, 5.41) is 3.08. The highest BCUT2D eigenvalue weighted by atomic mass is 16.6. The summed E-state index contributed by atoms with van der Waals surface area (Å²) in [6, 6.07) is -0.295. The van der Waals surface area contributed by atoms with Gasteiger partial charge in [0.25, 0.3) is 0 Å². The molecule has 102 valence electrons. The topological polar surface area (TPSA) is 47.6 Å². The van der Waals surface area contributed by atoms with Gasteiger partial charge in [0.05, 0.1) is 6.61 Å². The Morgan fingerprint density at radius 2 is 1.82 bits per heavy atom. The summed E-state index contributed by atoms with van der Waals surface area (Å²) >= 11 is 0. The van der Waals surface area contributed by atoms with Gasteiger partial charge in [-0.2, -0.15) is 0 Å². The molecule has 0 fully saturated rings. The first kappa shape index (κ1) is 16.4. The molecule has 0 saturated heterocycles. The third kappa shape index (κ3) is 10.3. The lowest BCUT2D eigenvalue weighted by Crippen LogP contribution is -2.40. The first-order valence-corrected chi connectivity index (χ1v) is 6.26. The van der Waals surface area contributed by atoms with Gasteiger partial charge in [-0.1, -0.05) is 13.8 Å². The highest BCUT2D eigenvalue weighted by molar-refractivity contribution is 5.75. The number of ether oxygens (including phenoxy) is 2. The van der Waals surface area contributed by atoms with E-state index in [4.69, 9.17) is 9.47 Å². The standard InChI is InChI=1S/C13H27NO3/c1-10(2)9-16-8-7-14-11(3)12(15)17-13(4,5)6/h10-11,14H,7-9H2,1-6H3. The Morgan fingerprint density at radius 3 is 2.29 bits per heavy atom. The molecule has 1 N–H and O–H groups in total. The van der Waals surface area contributed by atoms with Gasteiger partial charge in [-0.15, -0.1) is 0 Å². The minimum absolute atomic E-state index is 0.221. The molecule has 0 spiro atoms. The summed E-state index contributed by atoms with van der Waals surface area (Å²) in [7, 11) is 0. The molecule has 4 nitrogen and oxygen atoms in total. The number of rotatable bonds is 7. The lowest BCUT2D eigenvalue weighted by Gasteiger charge is -2.22. The molecule has 0 aliphatic rings. The second-order valence-corrected chi connectivity index (χ2v) is 5.68. The maximum Gasteiger partial charge on any atom is 0.323 e. The van der Waals surface area contributed by atoms with Crippen LogP contribution >= 0.6 is 0 Å². The largest absolute Gasteiger partial charge is 0.459 e. The van der Waals surface area contributed by atoms with E-state index >= 15 is 0 Å². The minimum Gasteiger partial charge on any atom is -0.459 e. The van der Waals surface area contributed by atoms with Crippen LogP contribution in [0.15, 0.2) is 0 Å². The quantitative estimate of drug-likeness (QED) is 0.550. The van der Waals surface area contributed by atoms with Crippen LogP contribution < -0.4 is 5.32 Å². The zero-order valence-electron chi connectivity index (χ0n) is 12.0. The zero-order valence-corrected chi connectivity index (χ0v) is 12.0. The Hall–Kier alpha value is -0.610. The lowest BCUT2D eigenvalue weighted by molar-refractivity contribution is -0.157. The van der Waals surface area contributed by atoms with Gasteiger partial charge in [0.1, 0.15) is 11.6 Å². The van der Waals surface area contributed by atoms with Crippen molar-refractivity contribution in [1.29, 1.82) is 0 Å². The molecule has 0 aliphatic carbocycles. The van der Waals surface area contributed by atoms with Gasteiger partial charge in [0.15, 0.2) is 0 Å². The van der Waals surface area contributed by atoms with Crippen molar-refractivity contribution in [2.24, 2.45) is 5.92 Å². The second kappa shape index (κ2) is 7.67. The van der Waals surface area contributed by atoms with E-state index in [0.29, 0.717) is 19.1 Å². The molecular formula is C13H27NO3. The molecule has 1 atom stereocenters. The van der Waals surface area contributed by atoms with Crippen molar-refractivity contribution in [1.82, 2.24) is 5.32 Å². The number of carbonyl (C=O) groups is 1. The van der Waals surface area contributed by atoms with E-state index in [1.54, 1.807) is 6.92 Å². The number of carbonyl (C=O) groups excluding carboxylic acids is 1. The Morgan fingerprint density at radius 1 is 1.24 bits per heavy atom. The van der Waals surface area contributed by atoms with Crippen molar-refractivity contribution < 1.29 is 14.3 Å². The third-order valence-corrected chi connectivity index (χ3v) is 1.91. The fourth-order valence-electron chi connectivity index (χ4n) is 1.14. The first-order chi connectivity index (χ1) is 7.72. The maximum atomic E-state index is 11.6. The summed E-state index contributed by atoms with van der Waals surface area (Å²) in [5.41, 5.74) is -0.429. The predicted octanol–water partition coefficient (Wildman–Crippen LogP) is 1.98. The van der Waals surface area contributed by atoms with Crippen LogP contribution in [0.5, 0.6) is 0 Å². The average Bonchev–Trinajstić information content (AvgIpc) is 2.13. The Labute approximate surface area is 105 Å². The van der Waals surface area contributed by atoms with Crippen LogP contribution in [0.3, 0.4) is 0 Å². The predicted molar refractivity (Wildman–Crippen MR) is 69.0 cm³/mol. The molecule has 0 saturated carbocycles. The van der Waals surface area contributed by atoms with Crippen molar-refractivity contribution >= 4 is 5.97 Å². The van der Waals surface area contributed by atoms with Gasteiger partial charge >= 0.3 is 5.97 Å². The van der Waals surface area contributed by atoms with Gasteiger partial charge in [-0.25, -0.2) is 0 Å². The maximum absolute atomic E-state index is 11.6. The van der Waals surface area contributed by atoms with Crippen LogP contribution in [-0.2, 0) is 14.3 Å². The molecule has 0 rings (SSSR count). The summed E-state index contributed by atoms with van der Waals surface area (Å²) in [4.78, 5) is 11.6. The van der Waals surface area contributed by atoms with Crippen LogP contribution in [0.25, 0.3) is 0 Å². The molecular weight excluding hydrogens is 218 g/mol. The average molecular weight is 245 g/mol. The molecule has 1 unspecified atom stereocenters. The van der Waals surface area contributed by atoms with Crippen LogP contribution in [-0.4, -0.2) is 37.4 Å². The normalized spacial score (nSPS) is 13.8. The van der Waals surface area contributed by atoms with Gasteiger partial charge in [-0.3, -0.25) is 4.79 Å². The first-order valence-electron chi connectivity index (χ1n) is 6.26. The second-order valence-electron chi connectivity index (χ2n) is 5.68. The zero-order chi connectivity index (χ0) is 13.5. The molecule has 0 heterocycles. The third-order valence-electron chi connectivity index (χ3n) is 1.91. The van der Waals surface area contributed by atoms with E-state index in [0.717, 1.165) is 6.61 Å². The molecule has 0 aromatic rings. The van der Waals surface area contributed by atoms with Crippen molar-refractivity contribution in [3.8, 4) is 0 Å². The molecule has 4 heteroatoms. The van der Waals surface area contributed by atoms with Gasteiger partial charge in [-0.05, 0) is 33.6 Å². The van der Waals surface area contributed by atoms with E-state index in [-0.39, 0.29) is 12.0 Å². The van der Waals surface area contributed by atoms with Crippen LogP contribution in [0.4, 0.5) is 0 Å². The molecule has 0 aromatic carbocycles. The Bertz CT molecular complexity index is 221. The van der Waals surface area contributed by atoms with Crippen LogP contribution in [0.1, 0.15) is 41.5 Å². The van der Waals surface area contributed by atoms with Crippen molar-refractivity contribution in [3.05, 3.63) is 0 Å². The highest BCUT2D eigenvalue weighted by Crippen LogP contribution is 2.08. The van der Waals surface area contributed by atoms with Crippen LogP contribution in [0, 0.1) is 5.92 Å². The van der Waals surface area contributed by atoms with Gasteiger partial charge in [0, 0.05) is 13.2 Å². The van der Waals surface area contributed by atoms with Crippen molar-refractivity contribution in [2.75, 3.05) is 19.8 Å². The fraction of sp³-hybridized carbons (Fsp3) is 0.923. The SMILES string of the molecule is CC(C)COCCNC(C)C(=O)OC(C)(C)C. The van der Waals surface area contributed by atoms with Gasteiger partial charge < -0.3 is 14.8 Å². The number of hydrogen-bond acceptors (Lipinski definition) is 4. The molecule has 0 amide bonds. The van der Waals surface area contributed by atoms with E-state index in [9.17, 15) is 4.79 Å². The minimum atomic E-state index is -0.429. The van der Waals surface area contributed by atoms with E-state index < -0.39 is 5.60 Å². The molecule has 0 bridgehead atoms. The summed E-state index contributed by atoms with van der Waals surface area (Å²) in [6.45, 7) is 13.6.